The van der Waals surface area contributed by atoms with Crippen molar-refractivity contribution in [3.8, 4) is 0 Å². The Labute approximate surface area is 136 Å². The number of hydrogen-bond donors (Lipinski definition) is 0. The van der Waals surface area contributed by atoms with Crippen LogP contribution in [0.1, 0.15) is 35.2 Å². The number of rotatable bonds is 4. The number of nitrogens with zero attached hydrogens (tertiary/aromatic N) is 2. The highest BCUT2D eigenvalue weighted by atomic mass is 19.1. The van der Waals surface area contributed by atoms with Crippen LogP contribution in [-0.2, 0) is 6.42 Å². The molecule has 0 saturated carbocycles. The standard InChI is InChI=1S/C19H21FN2O/c20-18-7-5-15(6-8-18)3-4-16-2-1-13-22(14-16)19(23)17-9-11-21-12-10-17/h5-12,16H,1-4,13-14H2/t16-/m0/s1. The molecule has 1 aliphatic heterocycles. The number of pyridine rings is 1. The van der Waals surface area contributed by atoms with Gasteiger partial charge in [0.05, 0.1) is 0 Å². The molecule has 1 aromatic carbocycles. The van der Waals surface area contributed by atoms with E-state index in [1.54, 1.807) is 24.5 Å². The number of amides is 1. The number of hydrogen-bond acceptors (Lipinski definition) is 2. The van der Waals surface area contributed by atoms with Gasteiger partial charge in [-0.1, -0.05) is 12.1 Å². The van der Waals surface area contributed by atoms with E-state index in [0.717, 1.165) is 44.3 Å². The molecule has 0 aliphatic carbocycles. The van der Waals surface area contributed by atoms with Gasteiger partial charge in [-0.25, -0.2) is 4.39 Å². The van der Waals surface area contributed by atoms with E-state index in [-0.39, 0.29) is 11.7 Å². The first-order valence-corrected chi connectivity index (χ1v) is 8.16. The van der Waals surface area contributed by atoms with E-state index in [4.69, 9.17) is 0 Å². The van der Waals surface area contributed by atoms with Gasteiger partial charge in [0.1, 0.15) is 5.82 Å². The first-order valence-electron chi connectivity index (χ1n) is 8.16. The van der Waals surface area contributed by atoms with Crippen molar-refractivity contribution < 1.29 is 9.18 Å². The minimum absolute atomic E-state index is 0.0962. The first kappa shape index (κ1) is 15.7. The fraction of sp³-hybridized carbons (Fsp3) is 0.368. The number of aromatic nitrogens is 1. The molecule has 3 rings (SSSR count). The Morgan fingerprint density at radius 3 is 2.65 bits per heavy atom. The highest BCUT2D eigenvalue weighted by Crippen LogP contribution is 2.23. The predicted octanol–water partition coefficient (Wildman–Crippen LogP) is 3.71. The summed E-state index contributed by atoms with van der Waals surface area (Å²) in [6.45, 7) is 1.64. The number of halogens is 1. The van der Waals surface area contributed by atoms with Gasteiger partial charge in [-0.2, -0.15) is 0 Å². The van der Waals surface area contributed by atoms with Crippen LogP contribution in [0.4, 0.5) is 4.39 Å². The van der Waals surface area contributed by atoms with Crippen LogP contribution in [0.5, 0.6) is 0 Å². The molecular weight excluding hydrogens is 291 g/mol. The van der Waals surface area contributed by atoms with Gasteiger partial charge in [-0.15, -0.1) is 0 Å². The van der Waals surface area contributed by atoms with Crippen LogP contribution in [0.3, 0.4) is 0 Å². The Balaban J connectivity index is 1.56. The zero-order valence-electron chi connectivity index (χ0n) is 13.1. The lowest BCUT2D eigenvalue weighted by Crippen LogP contribution is -2.40. The number of piperidine rings is 1. The molecule has 1 amide bonds. The fourth-order valence-corrected chi connectivity index (χ4v) is 3.18. The average molecular weight is 312 g/mol. The molecule has 1 aliphatic rings. The zero-order chi connectivity index (χ0) is 16.1. The SMILES string of the molecule is O=C(c1ccncc1)N1CCC[C@@H](CCc2ccc(F)cc2)C1. The summed E-state index contributed by atoms with van der Waals surface area (Å²) >= 11 is 0. The van der Waals surface area contributed by atoms with Crippen LogP contribution < -0.4 is 0 Å². The van der Waals surface area contributed by atoms with Crippen molar-refractivity contribution in [2.24, 2.45) is 5.92 Å². The average Bonchev–Trinajstić information content (AvgIpc) is 2.61. The van der Waals surface area contributed by atoms with E-state index in [9.17, 15) is 9.18 Å². The Bertz CT molecular complexity index is 642. The molecule has 4 heteroatoms. The molecular formula is C19H21FN2O. The highest BCUT2D eigenvalue weighted by molar-refractivity contribution is 5.94. The van der Waals surface area contributed by atoms with E-state index in [1.807, 2.05) is 17.0 Å². The minimum atomic E-state index is -0.194. The Kier molecular flexibility index (Phi) is 5.01. The van der Waals surface area contributed by atoms with Crippen molar-refractivity contribution in [1.82, 2.24) is 9.88 Å². The summed E-state index contributed by atoms with van der Waals surface area (Å²) in [5, 5.41) is 0. The van der Waals surface area contributed by atoms with Crippen LogP contribution in [0.2, 0.25) is 0 Å². The number of carbonyl (C=O) groups is 1. The quantitative estimate of drug-likeness (QED) is 0.862. The smallest absolute Gasteiger partial charge is 0.253 e. The highest BCUT2D eigenvalue weighted by Gasteiger charge is 2.24. The van der Waals surface area contributed by atoms with Gasteiger partial charge in [0.2, 0.25) is 0 Å². The molecule has 2 heterocycles. The lowest BCUT2D eigenvalue weighted by Gasteiger charge is -2.33. The Morgan fingerprint density at radius 1 is 1.17 bits per heavy atom. The van der Waals surface area contributed by atoms with Gasteiger partial charge in [0, 0.05) is 31.0 Å². The molecule has 120 valence electrons. The number of aryl methyl sites for hydroxylation is 1. The van der Waals surface area contributed by atoms with Crippen LogP contribution in [0, 0.1) is 11.7 Å². The summed E-state index contributed by atoms with van der Waals surface area (Å²) in [5.41, 5.74) is 1.86. The molecule has 0 N–H and O–H groups in total. The van der Waals surface area contributed by atoms with Crippen molar-refractivity contribution in [3.05, 3.63) is 65.7 Å². The monoisotopic (exact) mass is 312 g/mol. The van der Waals surface area contributed by atoms with Crippen LogP contribution in [0.25, 0.3) is 0 Å². The first-order chi connectivity index (χ1) is 11.2. The summed E-state index contributed by atoms with van der Waals surface area (Å²) in [7, 11) is 0. The van der Waals surface area contributed by atoms with E-state index >= 15 is 0 Å². The number of carbonyl (C=O) groups excluding carboxylic acids is 1. The third kappa shape index (κ3) is 4.15. The van der Waals surface area contributed by atoms with Crippen LogP contribution >= 0.6 is 0 Å². The second-order valence-corrected chi connectivity index (χ2v) is 6.16. The van der Waals surface area contributed by atoms with Gasteiger partial charge in [0.25, 0.3) is 5.91 Å². The van der Waals surface area contributed by atoms with Gasteiger partial charge in [-0.3, -0.25) is 9.78 Å². The molecule has 0 radical (unpaired) electrons. The van der Waals surface area contributed by atoms with Gasteiger partial charge in [0.15, 0.2) is 0 Å². The largest absolute Gasteiger partial charge is 0.338 e. The zero-order valence-corrected chi connectivity index (χ0v) is 13.1. The summed E-state index contributed by atoms with van der Waals surface area (Å²) in [5.74, 6) is 0.416. The maximum Gasteiger partial charge on any atom is 0.253 e. The summed E-state index contributed by atoms with van der Waals surface area (Å²) in [6, 6.07) is 10.2. The molecule has 1 fully saturated rings. The molecule has 1 saturated heterocycles. The molecule has 1 atom stereocenters. The van der Waals surface area contributed by atoms with Crippen LogP contribution in [-0.4, -0.2) is 28.9 Å². The summed E-state index contributed by atoms with van der Waals surface area (Å²) in [6.07, 6.45) is 7.48. The van der Waals surface area contributed by atoms with Gasteiger partial charge < -0.3 is 4.90 Å². The molecule has 3 nitrogen and oxygen atoms in total. The lowest BCUT2D eigenvalue weighted by atomic mass is 9.91. The summed E-state index contributed by atoms with van der Waals surface area (Å²) < 4.78 is 12.9. The van der Waals surface area contributed by atoms with E-state index in [1.165, 1.54) is 12.1 Å². The van der Waals surface area contributed by atoms with Crippen molar-refractivity contribution in [2.75, 3.05) is 13.1 Å². The molecule has 0 spiro atoms. The Hall–Kier alpha value is -2.23. The van der Waals surface area contributed by atoms with E-state index in [0.29, 0.717) is 11.5 Å². The number of benzene rings is 1. The normalized spacial score (nSPS) is 18.0. The maximum atomic E-state index is 12.9. The molecule has 0 bridgehead atoms. The fourth-order valence-electron chi connectivity index (χ4n) is 3.18. The number of likely N-dealkylation sites (tertiary alicyclic amines) is 1. The summed E-state index contributed by atoms with van der Waals surface area (Å²) in [4.78, 5) is 18.4. The second-order valence-electron chi connectivity index (χ2n) is 6.16. The molecule has 23 heavy (non-hydrogen) atoms. The molecule has 2 aromatic rings. The Morgan fingerprint density at radius 2 is 1.91 bits per heavy atom. The van der Waals surface area contributed by atoms with Crippen molar-refractivity contribution in [2.45, 2.75) is 25.7 Å². The van der Waals surface area contributed by atoms with Crippen molar-refractivity contribution in [3.63, 3.8) is 0 Å². The third-order valence-electron chi connectivity index (χ3n) is 4.49. The van der Waals surface area contributed by atoms with Crippen molar-refractivity contribution >= 4 is 5.91 Å². The van der Waals surface area contributed by atoms with E-state index in [2.05, 4.69) is 4.98 Å². The van der Waals surface area contributed by atoms with Gasteiger partial charge >= 0.3 is 0 Å². The third-order valence-corrected chi connectivity index (χ3v) is 4.49. The van der Waals surface area contributed by atoms with Crippen LogP contribution in [0.15, 0.2) is 48.8 Å². The topological polar surface area (TPSA) is 33.2 Å². The molecule has 0 unspecified atom stereocenters. The predicted molar refractivity (Wildman–Crippen MR) is 87.6 cm³/mol. The minimum Gasteiger partial charge on any atom is -0.338 e. The maximum absolute atomic E-state index is 12.9. The molecule has 1 aromatic heterocycles. The van der Waals surface area contributed by atoms with E-state index < -0.39 is 0 Å². The second kappa shape index (κ2) is 7.36. The van der Waals surface area contributed by atoms with Gasteiger partial charge in [-0.05, 0) is 61.4 Å². The lowest BCUT2D eigenvalue weighted by molar-refractivity contribution is 0.0668. The van der Waals surface area contributed by atoms with Crippen molar-refractivity contribution in [1.29, 1.82) is 0 Å².